The van der Waals surface area contributed by atoms with Gasteiger partial charge in [-0.3, -0.25) is 4.90 Å². The SMILES string of the molecule is Br.COc1ccccc1N1CCN(CC(N)c2nc3c(C)cccc3s2)CC1. The number of aryl methyl sites for hydroxylation is 1. The van der Waals surface area contributed by atoms with Crippen molar-refractivity contribution < 1.29 is 4.74 Å². The summed E-state index contributed by atoms with van der Waals surface area (Å²) in [4.78, 5) is 9.63. The summed E-state index contributed by atoms with van der Waals surface area (Å²) in [5.41, 5.74) is 9.98. The van der Waals surface area contributed by atoms with Gasteiger partial charge in [-0.2, -0.15) is 0 Å². The van der Waals surface area contributed by atoms with Gasteiger partial charge in [0.1, 0.15) is 10.8 Å². The number of hydrogen-bond acceptors (Lipinski definition) is 6. The van der Waals surface area contributed by atoms with Gasteiger partial charge < -0.3 is 15.4 Å². The first-order valence-electron chi connectivity index (χ1n) is 9.37. The lowest BCUT2D eigenvalue weighted by Gasteiger charge is -2.37. The van der Waals surface area contributed by atoms with Crippen molar-refractivity contribution in [3.63, 3.8) is 0 Å². The molecule has 0 saturated carbocycles. The van der Waals surface area contributed by atoms with E-state index in [1.807, 2.05) is 12.1 Å². The third-order valence-electron chi connectivity index (χ3n) is 5.21. The second-order valence-corrected chi connectivity index (χ2v) is 8.10. The number of para-hydroxylation sites is 3. The van der Waals surface area contributed by atoms with Crippen LogP contribution in [0.1, 0.15) is 16.6 Å². The van der Waals surface area contributed by atoms with E-state index in [2.05, 4.69) is 47.1 Å². The third kappa shape index (κ3) is 4.33. The summed E-state index contributed by atoms with van der Waals surface area (Å²) in [6.45, 7) is 6.90. The van der Waals surface area contributed by atoms with Crippen LogP contribution < -0.4 is 15.4 Å². The monoisotopic (exact) mass is 462 g/mol. The number of aromatic nitrogens is 1. The van der Waals surface area contributed by atoms with Gasteiger partial charge in [-0.15, -0.1) is 28.3 Å². The normalized spacial score (nSPS) is 16.0. The van der Waals surface area contributed by atoms with Gasteiger partial charge in [0, 0.05) is 32.7 Å². The summed E-state index contributed by atoms with van der Waals surface area (Å²) in [7, 11) is 1.73. The molecule has 0 amide bonds. The lowest BCUT2D eigenvalue weighted by Crippen LogP contribution is -2.48. The number of ether oxygens (including phenoxy) is 1. The van der Waals surface area contributed by atoms with Crippen molar-refractivity contribution in [2.75, 3.05) is 44.7 Å². The van der Waals surface area contributed by atoms with Crippen molar-refractivity contribution in [1.29, 1.82) is 0 Å². The Bertz CT molecular complexity index is 924. The van der Waals surface area contributed by atoms with Crippen molar-refractivity contribution in [2.45, 2.75) is 13.0 Å². The number of hydrogen-bond donors (Lipinski definition) is 1. The Morgan fingerprint density at radius 3 is 2.57 bits per heavy atom. The highest BCUT2D eigenvalue weighted by Gasteiger charge is 2.22. The van der Waals surface area contributed by atoms with E-state index in [9.17, 15) is 0 Å². The van der Waals surface area contributed by atoms with Crippen LogP contribution in [0.5, 0.6) is 5.75 Å². The molecular weight excluding hydrogens is 436 g/mol. The zero-order chi connectivity index (χ0) is 18.8. The topological polar surface area (TPSA) is 54.6 Å². The number of piperazine rings is 1. The highest BCUT2D eigenvalue weighted by molar-refractivity contribution is 8.93. The molecule has 0 aliphatic carbocycles. The van der Waals surface area contributed by atoms with Gasteiger partial charge in [0.05, 0.1) is 29.1 Å². The Kier molecular flexibility index (Phi) is 6.93. The molecule has 1 aliphatic heterocycles. The van der Waals surface area contributed by atoms with Crippen molar-refractivity contribution >= 4 is 44.2 Å². The van der Waals surface area contributed by atoms with E-state index >= 15 is 0 Å². The standard InChI is InChI=1S/C21H26N4OS.BrH/c1-15-6-5-9-19-20(15)23-21(27-19)16(22)14-24-10-12-25(13-11-24)17-7-3-4-8-18(17)26-2;/h3-9,16H,10-14,22H2,1-2H3;1H. The molecule has 150 valence electrons. The predicted molar refractivity (Wildman–Crippen MR) is 123 cm³/mol. The van der Waals surface area contributed by atoms with E-state index in [1.165, 1.54) is 16.0 Å². The second kappa shape index (κ2) is 9.22. The van der Waals surface area contributed by atoms with Crippen LogP contribution in [0, 0.1) is 6.92 Å². The molecule has 7 heteroatoms. The fourth-order valence-electron chi connectivity index (χ4n) is 3.68. The molecule has 0 spiro atoms. The second-order valence-electron chi connectivity index (χ2n) is 7.04. The lowest BCUT2D eigenvalue weighted by molar-refractivity contribution is 0.242. The number of fused-ring (bicyclic) bond motifs is 1. The molecular formula is C21H27BrN4OS. The van der Waals surface area contributed by atoms with Gasteiger partial charge in [0.25, 0.3) is 0 Å². The van der Waals surface area contributed by atoms with Gasteiger partial charge in [0.15, 0.2) is 0 Å². The summed E-state index contributed by atoms with van der Waals surface area (Å²) in [5.74, 6) is 0.937. The number of thiazole rings is 1. The Morgan fingerprint density at radius 2 is 1.86 bits per heavy atom. The first kappa shape index (κ1) is 21.0. The molecule has 0 bridgehead atoms. The number of rotatable bonds is 5. The molecule has 0 radical (unpaired) electrons. The Morgan fingerprint density at radius 1 is 1.11 bits per heavy atom. The molecule has 1 aromatic heterocycles. The van der Waals surface area contributed by atoms with Crippen LogP contribution in [0.2, 0.25) is 0 Å². The summed E-state index contributed by atoms with van der Waals surface area (Å²) in [6.07, 6.45) is 0. The molecule has 1 aliphatic rings. The Hall–Kier alpha value is -1.67. The average molecular weight is 463 g/mol. The van der Waals surface area contributed by atoms with E-state index < -0.39 is 0 Å². The summed E-state index contributed by atoms with van der Waals surface area (Å²) in [6, 6.07) is 14.5. The molecule has 4 rings (SSSR count). The van der Waals surface area contributed by atoms with E-state index in [4.69, 9.17) is 15.5 Å². The van der Waals surface area contributed by atoms with E-state index in [-0.39, 0.29) is 23.0 Å². The van der Waals surface area contributed by atoms with Crippen LogP contribution in [-0.4, -0.2) is 49.7 Å². The maximum Gasteiger partial charge on any atom is 0.142 e. The molecule has 1 saturated heterocycles. The van der Waals surface area contributed by atoms with Gasteiger partial charge >= 0.3 is 0 Å². The van der Waals surface area contributed by atoms with Crippen molar-refractivity contribution in [3.05, 3.63) is 53.0 Å². The largest absolute Gasteiger partial charge is 0.495 e. The molecule has 2 N–H and O–H groups in total. The fourth-order valence-corrected chi connectivity index (χ4v) is 4.72. The predicted octanol–water partition coefficient (Wildman–Crippen LogP) is 4.01. The smallest absolute Gasteiger partial charge is 0.142 e. The minimum absolute atomic E-state index is 0. The third-order valence-corrected chi connectivity index (χ3v) is 6.36. The molecule has 2 aromatic carbocycles. The zero-order valence-electron chi connectivity index (χ0n) is 16.3. The van der Waals surface area contributed by atoms with Gasteiger partial charge in [-0.25, -0.2) is 4.98 Å². The molecule has 1 atom stereocenters. The van der Waals surface area contributed by atoms with Crippen LogP contribution in [0.3, 0.4) is 0 Å². The minimum Gasteiger partial charge on any atom is -0.495 e. The Balaban J connectivity index is 0.00000225. The van der Waals surface area contributed by atoms with E-state index in [1.54, 1.807) is 18.4 Å². The van der Waals surface area contributed by atoms with Crippen LogP contribution in [0.25, 0.3) is 10.2 Å². The van der Waals surface area contributed by atoms with Gasteiger partial charge in [0.2, 0.25) is 0 Å². The number of halogens is 1. The van der Waals surface area contributed by atoms with Crippen molar-refractivity contribution in [1.82, 2.24) is 9.88 Å². The summed E-state index contributed by atoms with van der Waals surface area (Å²) in [5, 5.41) is 1.03. The molecule has 5 nitrogen and oxygen atoms in total. The number of benzene rings is 2. The highest BCUT2D eigenvalue weighted by atomic mass is 79.9. The summed E-state index contributed by atoms with van der Waals surface area (Å²) < 4.78 is 6.73. The maximum atomic E-state index is 6.50. The zero-order valence-corrected chi connectivity index (χ0v) is 18.8. The molecule has 28 heavy (non-hydrogen) atoms. The highest BCUT2D eigenvalue weighted by Crippen LogP contribution is 2.30. The van der Waals surface area contributed by atoms with Crippen molar-refractivity contribution in [3.8, 4) is 5.75 Å². The van der Waals surface area contributed by atoms with Crippen LogP contribution in [0.4, 0.5) is 5.69 Å². The van der Waals surface area contributed by atoms with Crippen LogP contribution in [-0.2, 0) is 0 Å². The number of nitrogens with zero attached hydrogens (tertiary/aromatic N) is 3. The Labute approximate surface area is 180 Å². The molecule has 3 aromatic rings. The minimum atomic E-state index is -0.0420. The first-order valence-corrected chi connectivity index (χ1v) is 10.2. The molecule has 2 heterocycles. The van der Waals surface area contributed by atoms with Gasteiger partial charge in [-0.05, 0) is 30.7 Å². The molecule has 1 unspecified atom stereocenters. The fraction of sp³-hybridized carbons (Fsp3) is 0.381. The quantitative estimate of drug-likeness (QED) is 0.620. The molecule has 1 fully saturated rings. The lowest BCUT2D eigenvalue weighted by atomic mass is 10.2. The average Bonchev–Trinajstić information content (AvgIpc) is 3.14. The van der Waals surface area contributed by atoms with Crippen LogP contribution >= 0.6 is 28.3 Å². The summed E-state index contributed by atoms with van der Waals surface area (Å²) >= 11 is 1.72. The van der Waals surface area contributed by atoms with E-state index in [0.717, 1.165) is 49.0 Å². The number of anilines is 1. The number of methoxy groups -OCH3 is 1. The first-order chi connectivity index (χ1) is 13.2. The van der Waals surface area contributed by atoms with Crippen LogP contribution in [0.15, 0.2) is 42.5 Å². The number of nitrogens with two attached hydrogens (primary N) is 1. The van der Waals surface area contributed by atoms with Crippen molar-refractivity contribution in [2.24, 2.45) is 5.73 Å². The maximum absolute atomic E-state index is 6.50. The van der Waals surface area contributed by atoms with E-state index in [0.29, 0.717) is 0 Å². The van der Waals surface area contributed by atoms with Gasteiger partial charge in [-0.1, -0.05) is 24.3 Å².